The molecule has 0 bridgehead atoms. The Labute approximate surface area is 128 Å². The van der Waals surface area contributed by atoms with E-state index in [2.05, 4.69) is 15.1 Å². The van der Waals surface area contributed by atoms with E-state index < -0.39 is 11.7 Å². The van der Waals surface area contributed by atoms with E-state index in [-0.39, 0.29) is 0 Å². The number of aromatic nitrogens is 4. The summed E-state index contributed by atoms with van der Waals surface area (Å²) in [6.45, 7) is 0. The van der Waals surface area contributed by atoms with Crippen molar-refractivity contribution in [1.82, 2.24) is 19.7 Å². The van der Waals surface area contributed by atoms with Crippen molar-refractivity contribution in [3.05, 3.63) is 47.9 Å². The maximum absolute atomic E-state index is 12.5. The molecule has 0 saturated heterocycles. The molecule has 22 heavy (non-hydrogen) atoms. The molecule has 114 valence electrons. The summed E-state index contributed by atoms with van der Waals surface area (Å²) in [7, 11) is 1.79. The van der Waals surface area contributed by atoms with Crippen LogP contribution in [0, 0.1) is 0 Å². The number of fused-ring (bicyclic) bond motifs is 1. The van der Waals surface area contributed by atoms with E-state index in [1.807, 2.05) is 0 Å². The minimum absolute atomic E-state index is 0.527. The van der Waals surface area contributed by atoms with Crippen molar-refractivity contribution in [1.29, 1.82) is 0 Å². The first kappa shape index (κ1) is 14.8. The van der Waals surface area contributed by atoms with Gasteiger partial charge in [0.05, 0.1) is 17.1 Å². The number of hydrogen-bond acceptors (Lipinski definition) is 4. The lowest BCUT2D eigenvalue weighted by atomic mass is 10.1. The molecule has 0 fully saturated rings. The number of thioether (sulfide) groups is 1. The standard InChI is InChI=1S/C14H11F3N4S/c1-21-12-11(6-20-21)13(19-8-18-12)22-7-9-2-4-10(5-3-9)14(15,16)17/h2-6,8H,7H2,1H3. The lowest BCUT2D eigenvalue weighted by molar-refractivity contribution is -0.137. The first-order valence-corrected chi connectivity index (χ1v) is 7.35. The van der Waals surface area contributed by atoms with Crippen molar-refractivity contribution in [2.75, 3.05) is 0 Å². The van der Waals surface area contributed by atoms with Crippen LogP contribution in [0.4, 0.5) is 13.2 Å². The molecule has 0 spiro atoms. The predicted octanol–water partition coefficient (Wildman–Crippen LogP) is 3.67. The normalized spacial score (nSPS) is 12.0. The van der Waals surface area contributed by atoms with Crippen LogP contribution in [-0.4, -0.2) is 19.7 Å². The lowest BCUT2D eigenvalue weighted by Crippen LogP contribution is -2.04. The van der Waals surface area contributed by atoms with Crippen molar-refractivity contribution >= 4 is 22.8 Å². The van der Waals surface area contributed by atoms with Crippen LogP contribution >= 0.6 is 11.8 Å². The number of rotatable bonds is 3. The summed E-state index contributed by atoms with van der Waals surface area (Å²) < 4.78 is 39.2. The molecule has 0 N–H and O–H groups in total. The Bertz CT molecular complexity index is 796. The van der Waals surface area contributed by atoms with E-state index in [1.54, 1.807) is 17.9 Å². The van der Waals surface area contributed by atoms with Crippen molar-refractivity contribution in [3.8, 4) is 0 Å². The van der Waals surface area contributed by atoms with Crippen LogP contribution in [-0.2, 0) is 19.0 Å². The number of alkyl halides is 3. The van der Waals surface area contributed by atoms with Gasteiger partial charge in [-0.1, -0.05) is 12.1 Å². The third-order valence-corrected chi connectivity index (χ3v) is 4.23. The van der Waals surface area contributed by atoms with Crippen LogP contribution in [0.2, 0.25) is 0 Å². The van der Waals surface area contributed by atoms with Gasteiger partial charge in [-0.05, 0) is 17.7 Å². The van der Waals surface area contributed by atoms with Gasteiger partial charge in [-0.3, -0.25) is 4.68 Å². The second-order valence-corrected chi connectivity index (χ2v) is 5.63. The average molecular weight is 324 g/mol. The summed E-state index contributed by atoms with van der Waals surface area (Å²) in [5.41, 5.74) is 0.886. The van der Waals surface area contributed by atoms with Crippen LogP contribution in [0.3, 0.4) is 0 Å². The predicted molar refractivity (Wildman–Crippen MR) is 77.3 cm³/mol. The van der Waals surface area contributed by atoms with E-state index >= 15 is 0 Å². The first-order chi connectivity index (χ1) is 10.4. The molecule has 0 radical (unpaired) electrons. The van der Waals surface area contributed by atoms with E-state index in [4.69, 9.17) is 0 Å². The third-order valence-electron chi connectivity index (χ3n) is 3.15. The quantitative estimate of drug-likeness (QED) is 0.544. The molecule has 0 saturated carbocycles. The van der Waals surface area contributed by atoms with Gasteiger partial charge < -0.3 is 0 Å². The van der Waals surface area contributed by atoms with Gasteiger partial charge in [0.2, 0.25) is 0 Å². The maximum atomic E-state index is 12.5. The zero-order valence-electron chi connectivity index (χ0n) is 11.5. The number of hydrogen-bond donors (Lipinski definition) is 0. The Balaban J connectivity index is 1.77. The Kier molecular flexibility index (Phi) is 3.78. The van der Waals surface area contributed by atoms with E-state index in [0.717, 1.165) is 33.8 Å². The number of aryl methyl sites for hydroxylation is 1. The van der Waals surface area contributed by atoms with Gasteiger partial charge in [0.1, 0.15) is 11.4 Å². The molecule has 2 aromatic heterocycles. The topological polar surface area (TPSA) is 43.6 Å². The monoisotopic (exact) mass is 324 g/mol. The summed E-state index contributed by atoms with van der Waals surface area (Å²) in [6.07, 6.45) is -1.16. The highest BCUT2D eigenvalue weighted by Crippen LogP contribution is 2.31. The second-order valence-electron chi connectivity index (χ2n) is 4.67. The zero-order valence-corrected chi connectivity index (χ0v) is 12.3. The van der Waals surface area contributed by atoms with Crippen LogP contribution in [0.1, 0.15) is 11.1 Å². The molecular formula is C14H11F3N4S. The molecule has 8 heteroatoms. The first-order valence-electron chi connectivity index (χ1n) is 6.37. The molecule has 4 nitrogen and oxygen atoms in total. The highest BCUT2D eigenvalue weighted by atomic mass is 32.2. The van der Waals surface area contributed by atoms with Crippen LogP contribution in [0.15, 0.2) is 41.8 Å². The summed E-state index contributed by atoms with van der Waals surface area (Å²) in [4.78, 5) is 8.36. The van der Waals surface area contributed by atoms with Crippen molar-refractivity contribution in [3.63, 3.8) is 0 Å². The number of halogens is 3. The fraction of sp³-hybridized carbons (Fsp3) is 0.214. The summed E-state index contributed by atoms with van der Waals surface area (Å²) in [5.74, 6) is 0.527. The second kappa shape index (κ2) is 5.60. The molecule has 1 aromatic carbocycles. The Morgan fingerprint density at radius 2 is 1.86 bits per heavy atom. The van der Waals surface area contributed by atoms with Crippen LogP contribution in [0.25, 0.3) is 11.0 Å². The molecule has 3 aromatic rings. The highest BCUT2D eigenvalue weighted by molar-refractivity contribution is 7.98. The average Bonchev–Trinajstić information content (AvgIpc) is 2.87. The smallest absolute Gasteiger partial charge is 0.250 e. The van der Waals surface area contributed by atoms with Gasteiger partial charge in [-0.15, -0.1) is 11.8 Å². The van der Waals surface area contributed by atoms with E-state index in [9.17, 15) is 13.2 Å². The van der Waals surface area contributed by atoms with E-state index in [1.165, 1.54) is 30.2 Å². The Morgan fingerprint density at radius 3 is 2.55 bits per heavy atom. The van der Waals surface area contributed by atoms with Gasteiger partial charge in [0.15, 0.2) is 5.65 Å². The summed E-state index contributed by atoms with van der Waals surface area (Å²) in [5, 5.41) is 5.72. The minimum Gasteiger partial charge on any atom is -0.250 e. The zero-order chi connectivity index (χ0) is 15.7. The molecular weight excluding hydrogens is 313 g/mol. The highest BCUT2D eigenvalue weighted by Gasteiger charge is 2.29. The number of benzene rings is 1. The lowest BCUT2D eigenvalue weighted by Gasteiger charge is -2.07. The SMILES string of the molecule is Cn1ncc2c(SCc3ccc(C(F)(F)F)cc3)ncnc21. The molecule has 2 heterocycles. The molecule has 0 aliphatic carbocycles. The fourth-order valence-corrected chi connectivity index (χ4v) is 2.91. The molecule has 0 aliphatic rings. The van der Waals surface area contributed by atoms with Crippen LogP contribution < -0.4 is 0 Å². The molecule has 0 unspecified atom stereocenters. The molecule has 0 amide bonds. The summed E-state index contributed by atoms with van der Waals surface area (Å²) >= 11 is 1.44. The Morgan fingerprint density at radius 1 is 1.14 bits per heavy atom. The molecule has 0 aliphatic heterocycles. The van der Waals surface area contributed by atoms with E-state index in [0.29, 0.717) is 5.75 Å². The molecule has 3 rings (SSSR count). The minimum atomic E-state index is -4.31. The van der Waals surface area contributed by atoms with Gasteiger partial charge in [-0.25, -0.2) is 9.97 Å². The maximum Gasteiger partial charge on any atom is 0.416 e. The van der Waals surface area contributed by atoms with Gasteiger partial charge in [0.25, 0.3) is 0 Å². The van der Waals surface area contributed by atoms with Gasteiger partial charge in [-0.2, -0.15) is 18.3 Å². The van der Waals surface area contributed by atoms with Gasteiger partial charge in [0, 0.05) is 12.8 Å². The largest absolute Gasteiger partial charge is 0.416 e. The van der Waals surface area contributed by atoms with Crippen molar-refractivity contribution < 1.29 is 13.2 Å². The summed E-state index contributed by atoms with van der Waals surface area (Å²) in [6, 6.07) is 5.15. The van der Waals surface area contributed by atoms with Gasteiger partial charge >= 0.3 is 6.18 Å². The van der Waals surface area contributed by atoms with Crippen molar-refractivity contribution in [2.45, 2.75) is 17.0 Å². The number of nitrogens with zero attached hydrogens (tertiary/aromatic N) is 4. The van der Waals surface area contributed by atoms with Crippen LogP contribution in [0.5, 0.6) is 0 Å². The Hall–Kier alpha value is -2.09. The fourth-order valence-electron chi connectivity index (χ4n) is 2.00. The van der Waals surface area contributed by atoms with Crippen molar-refractivity contribution in [2.24, 2.45) is 7.05 Å². The molecule has 0 atom stereocenters. The third kappa shape index (κ3) is 2.92.